The highest BCUT2D eigenvalue weighted by Gasteiger charge is 2.25. The van der Waals surface area contributed by atoms with Gasteiger partial charge in [0.15, 0.2) is 0 Å². The van der Waals surface area contributed by atoms with Crippen LogP contribution >= 0.6 is 0 Å². The van der Waals surface area contributed by atoms with Gasteiger partial charge in [-0.05, 0) is 18.2 Å². The average Bonchev–Trinajstić information content (AvgIpc) is 3.14. The van der Waals surface area contributed by atoms with E-state index in [-0.39, 0.29) is 18.4 Å². The van der Waals surface area contributed by atoms with E-state index < -0.39 is 0 Å². The Morgan fingerprint density at radius 2 is 1.92 bits per heavy atom. The molecule has 1 aliphatic heterocycles. The first-order chi connectivity index (χ1) is 11.7. The van der Waals surface area contributed by atoms with Crippen molar-refractivity contribution in [2.45, 2.75) is 6.54 Å². The van der Waals surface area contributed by atoms with Gasteiger partial charge in [0, 0.05) is 37.9 Å². The van der Waals surface area contributed by atoms with E-state index in [4.69, 9.17) is 4.74 Å². The molecule has 0 radical (unpaired) electrons. The van der Waals surface area contributed by atoms with E-state index in [1.54, 1.807) is 47.4 Å². The van der Waals surface area contributed by atoms with E-state index in [0.717, 1.165) is 0 Å². The van der Waals surface area contributed by atoms with Crippen molar-refractivity contribution in [2.75, 3.05) is 33.3 Å². The molecular weight excluding hydrogens is 310 g/mol. The Bertz CT molecular complexity index is 708. The molecule has 2 aromatic rings. The summed E-state index contributed by atoms with van der Waals surface area (Å²) in [5, 5.41) is 7.48. The Morgan fingerprint density at radius 1 is 1.17 bits per heavy atom. The lowest BCUT2D eigenvalue weighted by molar-refractivity contribution is -0.133. The van der Waals surface area contributed by atoms with Crippen molar-refractivity contribution in [1.29, 1.82) is 0 Å². The second-order valence-corrected chi connectivity index (χ2v) is 5.51. The van der Waals surface area contributed by atoms with E-state index >= 15 is 0 Å². The number of nitrogens with zero attached hydrogens (tertiary/aromatic N) is 5. The van der Waals surface area contributed by atoms with Gasteiger partial charge >= 0.3 is 0 Å². The fourth-order valence-corrected chi connectivity index (χ4v) is 2.65. The number of amides is 2. The number of hydrogen-bond acceptors (Lipinski definition) is 5. The van der Waals surface area contributed by atoms with E-state index in [1.807, 2.05) is 0 Å². The third-order valence-corrected chi connectivity index (χ3v) is 4.01. The van der Waals surface area contributed by atoms with Crippen molar-refractivity contribution in [2.24, 2.45) is 0 Å². The molecule has 1 fully saturated rings. The molecule has 2 amide bonds. The topological polar surface area (TPSA) is 80.6 Å². The van der Waals surface area contributed by atoms with Gasteiger partial charge in [0.1, 0.15) is 12.3 Å². The lowest BCUT2D eigenvalue weighted by Gasteiger charge is -2.34. The Labute approximate surface area is 139 Å². The summed E-state index contributed by atoms with van der Waals surface area (Å²) in [6, 6.07) is 7.10. The molecule has 1 aromatic carbocycles. The second kappa shape index (κ2) is 7.12. The van der Waals surface area contributed by atoms with Crippen molar-refractivity contribution in [1.82, 2.24) is 24.8 Å². The predicted molar refractivity (Wildman–Crippen MR) is 85.5 cm³/mol. The monoisotopic (exact) mass is 329 g/mol. The molecule has 8 heteroatoms. The standard InChI is InChI=1S/C16H19N5O3/c1-24-14-4-2-3-13(11-14)16(23)20-9-7-19(8-10-20)15(22)12-21-6-5-17-18-21/h2-6,11H,7-10,12H2,1H3. The van der Waals surface area contributed by atoms with Crippen LogP contribution in [0.15, 0.2) is 36.7 Å². The average molecular weight is 329 g/mol. The smallest absolute Gasteiger partial charge is 0.254 e. The van der Waals surface area contributed by atoms with Crippen molar-refractivity contribution < 1.29 is 14.3 Å². The molecule has 1 saturated heterocycles. The Kier molecular flexibility index (Phi) is 4.74. The maximum atomic E-state index is 12.5. The minimum absolute atomic E-state index is 0.0195. The number of carbonyl (C=O) groups is 2. The Hall–Kier alpha value is -2.90. The van der Waals surface area contributed by atoms with Gasteiger partial charge in [0.25, 0.3) is 5.91 Å². The first-order valence-electron chi connectivity index (χ1n) is 7.72. The highest BCUT2D eigenvalue weighted by molar-refractivity contribution is 5.94. The van der Waals surface area contributed by atoms with Gasteiger partial charge in [-0.1, -0.05) is 11.3 Å². The van der Waals surface area contributed by atoms with Gasteiger partial charge in [0.05, 0.1) is 13.3 Å². The van der Waals surface area contributed by atoms with E-state index in [9.17, 15) is 9.59 Å². The zero-order valence-corrected chi connectivity index (χ0v) is 13.5. The molecule has 0 bridgehead atoms. The largest absolute Gasteiger partial charge is 0.497 e. The molecular formula is C16H19N5O3. The Balaban J connectivity index is 1.56. The molecule has 0 spiro atoms. The fraction of sp³-hybridized carbons (Fsp3) is 0.375. The van der Waals surface area contributed by atoms with Crippen molar-refractivity contribution in [3.05, 3.63) is 42.2 Å². The minimum atomic E-state index is -0.0442. The molecule has 24 heavy (non-hydrogen) atoms. The molecule has 0 unspecified atom stereocenters. The highest BCUT2D eigenvalue weighted by Crippen LogP contribution is 2.15. The molecule has 1 aromatic heterocycles. The lowest BCUT2D eigenvalue weighted by atomic mass is 10.1. The quantitative estimate of drug-likeness (QED) is 0.804. The number of benzene rings is 1. The van der Waals surface area contributed by atoms with Gasteiger partial charge in [0.2, 0.25) is 5.91 Å². The maximum absolute atomic E-state index is 12.5. The van der Waals surface area contributed by atoms with Crippen LogP contribution in [0.3, 0.4) is 0 Å². The predicted octanol–water partition coefficient (Wildman–Crippen LogP) is 0.271. The first kappa shape index (κ1) is 16.0. The number of carbonyl (C=O) groups excluding carboxylic acids is 2. The zero-order chi connectivity index (χ0) is 16.9. The highest BCUT2D eigenvalue weighted by atomic mass is 16.5. The number of methoxy groups -OCH3 is 1. The fourth-order valence-electron chi connectivity index (χ4n) is 2.65. The molecule has 0 N–H and O–H groups in total. The third-order valence-electron chi connectivity index (χ3n) is 4.01. The molecule has 126 valence electrons. The van der Waals surface area contributed by atoms with Crippen LogP contribution in [-0.4, -0.2) is 69.9 Å². The normalized spacial score (nSPS) is 14.5. The number of hydrogen-bond donors (Lipinski definition) is 0. The summed E-state index contributed by atoms with van der Waals surface area (Å²) in [5.41, 5.74) is 0.594. The SMILES string of the molecule is COc1cccc(C(=O)N2CCN(C(=O)Cn3ccnn3)CC2)c1. The molecule has 8 nitrogen and oxygen atoms in total. The van der Waals surface area contributed by atoms with Gasteiger partial charge in [-0.25, -0.2) is 4.68 Å². The molecule has 0 aliphatic carbocycles. The van der Waals surface area contributed by atoms with Gasteiger partial charge in [-0.15, -0.1) is 5.10 Å². The van der Waals surface area contributed by atoms with Crippen molar-refractivity contribution >= 4 is 11.8 Å². The van der Waals surface area contributed by atoms with Crippen molar-refractivity contribution in [3.63, 3.8) is 0 Å². The van der Waals surface area contributed by atoms with E-state index in [2.05, 4.69) is 10.3 Å². The summed E-state index contributed by atoms with van der Waals surface area (Å²) in [7, 11) is 1.57. The van der Waals surface area contributed by atoms with Crippen LogP contribution in [-0.2, 0) is 11.3 Å². The van der Waals surface area contributed by atoms with Gasteiger partial charge in [-0.3, -0.25) is 9.59 Å². The first-order valence-corrected chi connectivity index (χ1v) is 7.72. The number of aromatic nitrogens is 3. The maximum Gasteiger partial charge on any atom is 0.254 e. The summed E-state index contributed by atoms with van der Waals surface area (Å²) >= 11 is 0. The number of rotatable bonds is 4. The summed E-state index contributed by atoms with van der Waals surface area (Å²) in [6.45, 7) is 2.23. The summed E-state index contributed by atoms with van der Waals surface area (Å²) in [6.07, 6.45) is 3.19. The number of piperazine rings is 1. The van der Waals surface area contributed by atoms with Crippen LogP contribution in [0.1, 0.15) is 10.4 Å². The van der Waals surface area contributed by atoms with Crippen molar-refractivity contribution in [3.8, 4) is 5.75 Å². The minimum Gasteiger partial charge on any atom is -0.497 e. The second-order valence-electron chi connectivity index (χ2n) is 5.51. The molecule has 0 saturated carbocycles. The van der Waals surface area contributed by atoms with Crippen LogP contribution < -0.4 is 4.74 Å². The van der Waals surface area contributed by atoms with E-state index in [0.29, 0.717) is 37.5 Å². The van der Waals surface area contributed by atoms with Crippen LogP contribution in [0.2, 0.25) is 0 Å². The van der Waals surface area contributed by atoms with Crippen LogP contribution in [0, 0.1) is 0 Å². The molecule has 0 atom stereocenters. The van der Waals surface area contributed by atoms with Crippen LogP contribution in [0.25, 0.3) is 0 Å². The van der Waals surface area contributed by atoms with Crippen LogP contribution in [0.4, 0.5) is 0 Å². The molecule has 1 aliphatic rings. The summed E-state index contributed by atoms with van der Waals surface area (Å²) in [4.78, 5) is 28.3. The molecule has 3 rings (SSSR count). The summed E-state index contributed by atoms with van der Waals surface area (Å²) < 4.78 is 6.65. The Morgan fingerprint density at radius 3 is 2.58 bits per heavy atom. The van der Waals surface area contributed by atoms with Crippen LogP contribution in [0.5, 0.6) is 5.75 Å². The summed E-state index contributed by atoms with van der Waals surface area (Å²) in [5.74, 6) is 0.591. The van der Waals surface area contributed by atoms with E-state index in [1.165, 1.54) is 10.9 Å². The lowest BCUT2D eigenvalue weighted by Crippen LogP contribution is -2.51. The number of ether oxygens (including phenoxy) is 1. The zero-order valence-electron chi connectivity index (χ0n) is 13.5. The third kappa shape index (κ3) is 3.53. The van der Waals surface area contributed by atoms with Gasteiger partial charge < -0.3 is 14.5 Å². The molecule has 2 heterocycles. The van der Waals surface area contributed by atoms with Gasteiger partial charge in [-0.2, -0.15) is 0 Å².